The van der Waals surface area contributed by atoms with Crippen LogP contribution >= 0.6 is 7.60 Å². The summed E-state index contributed by atoms with van der Waals surface area (Å²) in [5, 5.41) is 9.56. The minimum absolute atomic E-state index is 0.107. The van der Waals surface area contributed by atoms with Gasteiger partial charge < -0.3 is 24.0 Å². The molecule has 1 rings (SSSR count). The molecule has 23 heavy (non-hydrogen) atoms. The van der Waals surface area contributed by atoms with Gasteiger partial charge in [0.15, 0.2) is 6.29 Å². The van der Waals surface area contributed by atoms with E-state index in [1.54, 1.807) is 11.0 Å². The minimum Gasteiger partial charge on any atom is -0.508 e. The Bertz CT molecular complexity index is 535. The number of aromatic hydroxyl groups is 1. The van der Waals surface area contributed by atoms with E-state index in [4.69, 9.17) is 9.47 Å². The average molecular weight is 347 g/mol. The van der Waals surface area contributed by atoms with Crippen LogP contribution in [0.2, 0.25) is 0 Å². The first kappa shape index (κ1) is 20.1. The number of rotatable bonds is 10. The van der Waals surface area contributed by atoms with Gasteiger partial charge in [-0.1, -0.05) is 12.1 Å². The molecule has 1 unspecified atom stereocenters. The molecule has 0 aromatic heterocycles. The van der Waals surface area contributed by atoms with Gasteiger partial charge in [-0.25, -0.2) is 0 Å². The zero-order valence-electron chi connectivity index (χ0n) is 14.1. The van der Waals surface area contributed by atoms with E-state index in [-0.39, 0.29) is 12.0 Å². The van der Waals surface area contributed by atoms with Crippen LogP contribution in [-0.4, -0.2) is 61.9 Å². The van der Waals surface area contributed by atoms with Crippen molar-refractivity contribution in [2.45, 2.75) is 19.6 Å². The smallest absolute Gasteiger partial charge is 0.341 e. The molecule has 0 amide bonds. The molecule has 0 fully saturated rings. The fraction of sp³-hybridized carbons (Fsp3) is 0.600. The lowest BCUT2D eigenvalue weighted by Crippen LogP contribution is -2.36. The molecule has 0 radical (unpaired) electrons. The van der Waals surface area contributed by atoms with E-state index in [1.807, 2.05) is 19.1 Å². The van der Waals surface area contributed by atoms with Crippen molar-refractivity contribution in [1.29, 1.82) is 0 Å². The van der Waals surface area contributed by atoms with E-state index in [1.165, 1.54) is 21.3 Å². The maximum atomic E-state index is 11.8. The first-order valence-electron chi connectivity index (χ1n) is 7.25. The van der Waals surface area contributed by atoms with Crippen LogP contribution in [0.4, 0.5) is 0 Å². The molecule has 1 aromatic carbocycles. The molecule has 2 N–H and O–H groups in total. The van der Waals surface area contributed by atoms with E-state index in [0.717, 1.165) is 11.1 Å². The predicted octanol–water partition coefficient (Wildman–Crippen LogP) is 1.95. The van der Waals surface area contributed by atoms with Crippen LogP contribution in [0.15, 0.2) is 18.2 Å². The summed E-state index contributed by atoms with van der Waals surface area (Å²) in [7, 11) is 0.581. The van der Waals surface area contributed by atoms with Gasteiger partial charge in [0.1, 0.15) is 12.0 Å². The van der Waals surface area contributed by atoms with Crippen molar-refractivity contribution in [3.8, 4) is 5.75 Å². The summed E-state index contributed by atoms with van der Waals surface area (Å²) in [6, 6.07) is 5.38. The van der Waals surface area contributed by atoms with Gasteiger partial charge in [-0.2, -0.15) is 0 Å². The van der Waals surface area contributed by atoms with Gasteiger partial charge in [-0.05, 0) is 30.5 Å². The van der Waals surface area contributed by atoms with Crippen molar-refractivity contribution in [2.75, 3.05) is 40.7 Å². The highest BCUT2D eigenvalue weighted by Gasteiger charge is 2.24. The van der Waals surface area contributed by atoms with Crippen LogP contribution in [0.3, 0.4) is 0 Å². The number of hydrogen-bond donors (Lipinski definition) is 2. The summed E-state index contributed by atoms with van der Waals surface area (Å²) in [5.74, 6) is 0.253. The minimum atomic E-state index is -3.67. The molecule has 0 heterocycles. The monoisotopic (exact) mass is 347 g/mol. The van der Waals surface area contributed by atoms with E-state index < -0.39 is 13.9 Å². The second kappa shape index (κ2) is 9.37. The normalized spacial score (nSPS) is 14.4. The molecule has 1 atom stereocenters. The Morgan fingerprint density at radius 1 is 1.26 bits per heavy atom. The molecule has 1 aromatic rings. The summed E-state index contributed by atoms with van der Waals surface area (Å²) in [6.45, 7) is 2.70. The maximum absolute atomic E-state index is 11.8. The average Bonchev–Trinajstić information content (AvgIpc) is 2.52. The van der Waals surface area contributed by atoms with Crippen LogP contribution < -0.4 is 0 Å². The van der Waals surface area contributed by atoms with Crippen molar-refractivity contribution in [2.24, 2.45) is 0 Å². The third-order valence-electron chi connectivity index (χ3n) is 3.57. The zero-order valence-corrected chi connectivity index (χ0v) is 15.0. The van der Waals surface area contributed by atoms with Crippen LogP contribution in [0.25, 0.3) is 0 Å². The molecule has 0 aliphatic heterocycles. The zero-order chi connectivity index (χ0) is 17.5. The van der Waals surface area contributed by atoms with E-state index in [9.17, 15) is 14.6 Å². The van der Waals surface area contributed by atoms with Gasteiger partial charge in [-0.15, -0.1) is 0 Å². The highest BCUT2D eigenvalue weighted by atomic mass is 31.2. The third-order valence-corrected chi connectivity index (χ3v) is 4.90. The number of benzene rings is 1. The number of ether oxygens (including phenoxy) is 2. The molecule has 0 saturated carbocycles. The summed E-state index contributed by atoms with van der Waals surface area (Å²) < 4.78 is 26.8. The molecular weight excluding hydrogens is 321 g/mol. The van der Waals surface area contributed by atoms with Gasteiger partial charge in [0.05, 0.1) is 6.54 Å². The van der Waals surface area contributed by atoms with Crippen LogP contribution in [0.1, 0.15) is 11.1 Å². The van der Waals surface area contributed by atoms with Gasteiger partial charge >= 0.3 is 7.60 Å². The van der Waals surface area contributed by atoms with Gasteiger partial charge in [0.25, 0.3) is 0 Å². The number of aryl methyl sites for hydroxylation is 1. The molecule has 0 saturated heterocycles. The van der Waals surface area contributed by atoms with E-state index in [2.05, 4.69) is 4.52 Å². The third kappa shape index (κ3) is 6.99. The van der Waals surface area contributed by atoms with Gasteiger partial charge in [0.2, 0.25) is 0 Å². The molecule has 0 aliphatic carbocycles. The lowest BCUT2D eigenvalue weighted by atomic mass is 10.1. The van der Waals surface area contributed by atoms with Crippen molar-refractivity contribution >= 4 is 7.60 Å². The van der Waals surface area contributed by atoms with E-state index in [0.29, 0.717) is 19.5 Å². The van der Waals surface area contributed by atoms with Crippen molar-refractivity contribution in [1.82, 2.24) is 4.90 Å². The molecule has 132 valence electrons. The highest BCUT2D eigenvalue weighted by Crippen LogP contribution is 2.41. The summed E-state index contributed by atoms with van der Waals surface area (Å²) >= 11 is 0. The number of hydrogen-bond acceptors (Lipinski definition) is 6. The quantitative estimate of drug-likeness (QED) is 0.494. The number of phenolic OH excluding ortho intramolecular Hbond substituents is 1. The highest BCUT2D eigenvalue weighted by molar-refractivity contribution is 7.52. The van der Waals surface area contributed by atoms with Crippen molar-refractivity contribution < 1.29 is 28.6 Å². The Balaban J connectivity index is 2.74. The Kier molecular flexibility index (Phi) is 8.19. The lowest BCUT2D eigenvalue weighted by molar-refractivity contribution is -0.114. The van der Waals surface area contributed by atoms with Crippen LogP contribution in [0.5, 0.6) is 5.75 Å². The molecule has 0 bridgehead atoms. The second-order valence-electron chi connectivity index (χ2n) is 5.31. The summed E-state index contributed by atoms with van der Waals surface area (Å²) in [6.07, 6.45) is 0.0582. The van der Waals surface area contributed by atoms with Crippen molar-refractivity contribution in [3.63, 3.8) is 0 Å². The van der Waals surface area contributed by atoms with Crippen LogP contribution in [0, 0.1) is 6.92 Å². The fourth-order valence-electron chi connectivity index (χ4n) is 2.15. The first-order valence-corrected chi connectivity index (χ1v) is 9.01. The number of methoxy groups -OCH3 is 2. The Labute approximate surface area is 137 Å². The molecule has 8 heteroatoms. The molecular formula is C15H26NO6P. The van der Waals surface area contributed by atoms with E-state index >= 15 is 0 Å². The number of nitrogens with zero attached hydrogens (tertiary/aromatic N) is 1. The van der Waals surface area contributed by atoms with Gasteiger partial charge in [0, 0.05) is 27.9 Å². The summed E-state index contributed by atoms with van der Waals surface area (Å²) in [4.78, 5) is 11.5. The van der Waals surface area contributed by atoms with Crippen molar-refractivity contribution in [3.05, 3.63) is 29.3 Å². The fourth-order valence-corrected chi connectivity index (χ4v) is 3.02. The SMILES string of the molecule is COC(CN(CCc1ccc(O)c(C)c1)CP(=O)(O)OC)OC. The number of phenols is 1. The molecule has 0 spiro atoms. The second-order valence-corrected chi connectivity index (χ2v) is 7.23. The predicted molar refractivity (Wildman–Crippen MR) is 87.6 cm³/mol. The topological polar surface area (TPSA) is 88.5 Å². The molecule has 7 nitrogen and oxygen atoms in total. The first-order chi connectivity index (χ1) is 10.8. The summed E-state index contributed by atoms with van der Waals surface area (Å²) in [5.41, 5.74) is 1.83. The Morgan fingerprint density at radius 2 is 1.91 bits per heavy atom. The van der Waals surface area contributed by atoms with Crippen LogP contribution in [-0.2, 0) is 25.0 Å². The molecule has 0 aliphatic rings. The maximum Gasteiger partial charge on any atom is 0.341 e. The largest absolute Gasteiger partial charge is 0.508 e. The Morgan fingerprint density at radius 3 is 2.43 bits per heavy atom. The Hall–Kier alpha value is -0.950. The van der Waals surface area contributed by atoms with Gasteiger partial charge in [-0.3, -0.25) is 9.46 Å². The standard InChI is InChI=1S/C15H26NO6P/c1-12-9-13(5-6-14(12)17)7-8-16(10-15(20-2)21-3)11-23(18,19)22-4/h5-6,9,15,17H,7-8,10-11H2,1-4H3,(H,18,19). The lowest BCUT2D eigenvalue weighted by Gasteiger charge is -2.27.